The van der Waals surface area contributed by atoms with Crippen molar-refractivity contribution in [2.24, 2.45) is 0 Å². The summed E-state index contributed by atoms with van der Waals surface area (Å²) >= 11 is 0. The first-order valence-corrected chi connectivity index (χ1v) is 5.14. The average Bonchev–Trinajstić information content (AvgIpc) is 2.40. The van der Waals surface area contributed by atoms with Crippen LogP contribution in [0.4, 0.5) is 22.0 Å². The van der Waals surface area contributed by atoms with Crippen molar-refractivity contribution in [3.05, 3.63) is 29.6 Å². The molecule has 1 heterocycles. The fourth-order valence-corrected chi connectivity index (χ4v) is 1.36. The molecule has 1 aromatic heterocycles. The number of nitrogens with one attached hydrogen (secondary N) is 1. The summed E-state index contributed by atoms with van der Waals surface area (Å²) in [7, 11) is 1.39. The number of nitrogens with zero attached hydrogens (tertiary/aromatic N) is 4. The molecule has 0 saturated heterocycles. The Hall–Kier alpha value is -2.95. The molecule has 96 valence electrons. The smallest absolute Gasteiger partial charge is 0.322 e. The van der Waals surface area contributed by atoms with Crippen LogP contribution in [0.25, 0.3) is 0 Å². The van der Waals surface area contributed by atoms with Gasteiger partial charge in [0.05, 0.1) is 18.4 Å². The largest absolute Gasteiger partial charge is 0.467 e. The van der Waals surface area contributed by atoms with Gasteiger partial charge in [-0.25, -0.2) is 4.39 Å². The van der Waals surface area contributed by atoms with E-state index in [4.69, 9.17) is 15.7 Å². The third-order valence-electron chi connectivity index (χ3n) is 2.16. The topological polar surface area (TPSA) is 110 Å². The Labute approximate surface area is 107 Å². The molecule has 0 unspecified atom stereocenters. The molecule has 3 N–H and O–H groups in total. The van der Waals surface area contributed by atoms with Crippen LogP contribution in [0.15, 0.2) is 18.2 Å². The second-order valence-electron chi connectivity index (χ2n) is 3.43. The van der Waals surface area contributed by atoms with Crippen molar-refractivity contribution in [3.63, 3.8) is 0 Å². The number of nitrogens with two attached hydrogens (primary N) is 1. The zero-order chi connectivity index (χ0) is 13.8. The summed E-state index contributed by atoms with van der Waals surface area (Å²) in [5.41, 5.74) is 5.96. The van der Waals surface area contributed by atoms with E-state index in [1.165, 1.54) is 19.2 Å². The molecule has 7 nitrogen and oxygen atoms in total. The Morgan fingerprint density at radius 3 is 2.84 bits per heavy atom. The van der Waals surface area contributed by atoms with Gasteiger partial charge in [-0.3, -0.25) is 0 Å². The van der Waals surface area contributed by atoms with Crippen LogP contribution in [0, 0.1) is 17.1 Å². The van der Waals surface area contributed by atoms with Gasteiger partial charge >= 0.3 is 6.01 Å². The molecule has 0 radical (unpaired) electrons. The summed E-state index contributed by atoms with van der Waals surface area (Å²) in [6.07, 6.45) is 0. The molecule has 0 aliphatic carbocycles. The van der Waals surface area contributed by atoms with Gasteiger partial charge in [-0.05, 0) is 18.2 Å². The highest BCUT2D eigenvalue weighted by molar-refractivity contribution is 5.63. The van der Waals surface area contributed by atoms with Crippen molar-refractivity contribution in [1.82, 2.24) is 15.0 Å². The summed E-state index contributed by atoms with van der Waals surface area (Å²) in [6.45, 7) is 0. The lowest BCUT2D eigenvalue weighted by atomic mass is 10.2. The van der Waals surface area contributed by atoms with E-state index in [1.807, 2.05) is 6.07 Å². The predicted octanol–water partition coefficient (Wildman–Crippen LogP) is 1.22. The first-order valence-electron chi connectivity index (χ1n) is 5.14. The summed E-state index contributed by atoms with van der Waals surface area (Å²) in [5, 5.41) is 11.7. The first kappa shape index (κ1) is 12.5. The number of nitrogen functional groups attached to an aromatic ring is 1. The Balaban J connectivity index is 2.36. The molecule has 0 saturated carbocycles. The molecule has 0 atom stereocenters. The highest BCUT2D eigenvalue weighted by Crippen LogP contribution is 2.20. The summed E-state index contributed by atoms with van der Waals surface area (Å²) in [4.78, 5) is 11.5. The minimum Gasteiger partial charge on any atom is -0.467 e. The minimum absolute atomic E-state index is 0.0324. The normalized spacial score (nSPS) is 9.74. The van der Waals surface area contributed by atoms with E-state index < -0.39 is 5.82 Å². The van der Waals surface area contributed by atoms with E-state index in [1.54, 1.807) is 0 Å². The Morgan fingerprint density at radius 1 is 1.37 bits per heavy atom. The Bertz CT molecular complexity index is 654. The highest BCUT2D eigenvalue weighted by Gasteiger charge is 2.08. The maximum atomic E-state index is 13.0. The van der Waals surface area contributed by atoms with Gasteiger partial charge in [0.1, 0.15) is 11.9 Å². The van der Waals surface area contributed by atoms with Gasteiger partial charge in [-0.15, -0.1) is 0 Å². The molecule has 0 fully saturated rings. The van der Waals surface area contributed by atoms with Crippen LogP contribution in [-0.2, 0) is 0 Å². The standard InChI is InChI=1S/C11H9FN6O/c1-19-11-17-9(14)16-10(18-11)15-8-3-2-7(12)4-6(8)5-13/h2-4H,1H3,(H3,14,15,16,17,18). The van der Waals surface area contributed by atoms with E-state index in [2.05, 4.69) is 20.3 Å². The minimum atomic E-state index is -0.505. The summed E-state index contributed by atoms with van der Waals surface area (Å²) in [5.74, 6) is -0.433. The van der Waals surface area contributed by atoms with Gasteiger partial charge in [0.2, 0.25) is 11.9 Å². The molecule has 1 aromatic carbocycles. The lowest BCUT2D eigenvalue weighted by molar-refractivity contribution is 0.380. The number of nitriles is 1. The number of hydrogen-bond donors (Lipinski definition) is 2. The van der Waals surface area contributed by atoms with Crippen molar-refractivity contribution < 1.29 is 9.13 Å². The molecule has 0 bridgehead atoms. The summed E-state index contributed by atoms with van der Waals surface area (Å²) < 4.78 is 17.8. The van der Waals surface area contributed by atoms with Crippen molar-refractivity contribution >= 4 is 17.6 Å². The third-order valence-corrected chi connectivity index (χ3v) is 2.16. The van der Waals surface area contributed by atoms with Gasteiger partial charge in [0, 0.05) is 0 Å². The number of aromatic nitrogens is 3. The van der Waals surface area contributed by atoms with Crippen LogP contribution in [0.2, 0.25) is 0 Å². The van der Waals surface area contributed by atoms with Crippen LogP contribution in [0.3, 0.4) is 0 Å². The number of rotatable bonds is 3. The van der Waals surface area contributed by atoms with E-state index >= 15 is 0 Å². The second-order valence-corrected chi connectivity index (χ2v) is 3.43. The Kier molecular flexibility index (Phi) is 3.38. The molecule has 0 spiro atoms. The van der Waals surface area contributed by atoms with Crippen LogP contribution >= 0.6 is 0 Å². The van der Waals surface area contributed by atoms with Crippen molar-refractivity contribution in [2.45, 2.75) is 0 Å². The first-order chi connectivity index (χ1) is 9.12. The van der Waals surface area contributed by atoms with Gasteiger partial charge in [-0.2, -0.15) is 20.2 Å². The molecular weight excluding hydrogens is 251 g/mol. The highest BCUT2D eigenvalue weighted by atomic mass is 19.1. The fourth-order valence-electron chi connectivity index (χ4n) is 1.36. The zero-order valence-electron chi connectivity index (χ0n) is 9.88. The number of ether oxygens (including phenoxy) is 1. The van der Waals surface area contributed by atoms with Crippen molar-refractivity contribution in [2.75, 3.05) is 18.2 Å². The van der Waals surface area contributed by atoms with Gasteiger partial charge < -0.3 is 15.8 Å². The van der Waals surface area contributed by atoms with Crippen LogP contribution in [0.1, 0.15) is 5.56 Å². The van der Waals surface area contributed by atoms with E-state index in [0.29, 0.717) is 5.69 Å². The van der Waals surface area contributed by atoms with E-state index in [9.17, 15) is 4.39 Å². The van der Waals surface area contributed by atoms with E-state index in [0.717, 1.165) is 6.07 Å². The lowest BCUT2D eigenvalue weighted by Gasteiger charge is -2.07. The number of anilines is 3. The third kappa shape index (κ3) is 2.84. The summed E-state index contributed by atoms with van der Waals surface area (Å²) in [6, 6.07) is 5.62. The molecule has 19 heavy (non-hydrogen) atoms. The SMILES string of the molecule is COc1nc(N)nc(Nc2ccc(F)cc2C#N)n1. The Morgan fingerprint density at radius 2 is 2.16 bits per heavy atom. The zero-order valence-corrected chi connectivity index (χ0v) is 9.88. The monoisotopic (exact) mass is 260 g/mol. The van der Waals surface area contributed by atoms with Crippen LogP contribution in [0.5, 0.6) is 6.01 Å². The van der Waals surface area contributed by atoms with Gasteiger partial charge in [-0.1, -0.05) is 0 Å². The van der Waals surface area contributed by atoms with Crippen molar-refractivity contribution in [3.8, 4) is 12.1 Å². The maximum Gasteiger partial charge on any atom is 0.322 e. The van der Waals surface area contributed by atoms with Crippen LogP contribution in [-0.4, -0.2) is 22.1 Å². The molecule has 8 heteroatoms. The molecule has 2 rings (SSSR count). The number of methoxy groups -OCH3 is 1. The lowest BCUT2D eigenvalue weighted by Crippen LogP contribution is -2.06. The molecule has 0 aliphatic rings. The van der Waals surface area contributed by atoms with Crippen molar-refractivity contribution in [1.29, 1.82) is 5.26 Å². The molecule has 0 amide bonds. The van der Waals surface area contributed by atoms with E-state index in [-0.39, 0.29) is 23.5 Å². The average molecular weight is 260 g/mol. The second kappa shape index (κ2) is 5.14. The van der Waals surface area contributed by atoms with Crippen LogP contribution < -0.4 is 15.8 Å². The van der Waals surface area contributed by atoms with Gasteiger partial charge in [0.15, 0.2) is 0 Å². The molecule has 2 aromatic rings. The number of benzene rings is 1. The predicted molar refractivity (Wildman–Crippen MR) is 65.2 cm³/mol. The maximum absolute atomic E-state index is 13.0. The fraction of sp³-hybridized carbons (Fsp3) is 0.0909. The number of halogens is 1. The molecule has 0 aliphatic heterocycles. The molecular formula is C11H9FN6O. The quantitative estimate of drug-likeness (QED) is 0.853. The van der Waals surface area contributed by atoms with Gasteiger partial charge in [0.25, 0.3) is 0 Å². The number of hydrogen-bond acceptors (Lipinski definition) is 7.